The smallest absolute Gasteiger partial charge is 0.168 e. The van der Waals surface area contributed by atoms with E-state index >= 15 is 0 Å². The van der Waals surface area contributed by atoms with Crippen molar-refractivity contribution >= 4 is 5.78 Å². The molecule has 0 heterocycles. The Bertz CT molecular complexity index is 423. The summed E-state index contributed by atoms with van der Waals surface area (Å²) < 4.78 is 5.02. The van der Waals surface area contributed by atoms with E-state index in [2.05, 4.69) is 10.0 Å². The predicted octanol–water partition coefficient (Wildman–Crippen LogP) is 2.50. The molecule has 0 N–H and O–H groups in total. The Labute approximate surface area is 87.3 Å². The number of benzene rings is 1. The molecule has 0 aliphatic carbocycles. The van der Waals surface area contributed by atoms with Crippen LogP contribution in [0.4, 0.5) is 0 Å². The van der Waals surface area contributed by atoms with Gasteiger partial charge in [0.1, 0.15) is 5.75 Å². The fourth-order valence-electron chi connectivity index (χ4n) is 1.26. The van der Waals surface area contributed by atoms with Gasteiger partial charge in [-0.3, -0.25) is 4.79 Å². The predicted molar refractivity (Wildman–Crippen MR) is 56.1 cm³/mol. The van der Waals surface area contributed by atoms with Crippen molar-refractivity contribution in [2.75, 3.05) is 13.7 Å². The molecule has 0 radical (unpaired) electrons. The zero-order valence-electron chi connectivity index (χ0n) is 8.60. The zero-order valence-corrected chi connectivity index (χ0v) is 8.60. The summed E-state index contributed by atoms with van der Waals surface area (Å²) in [7, 11) is 1.57. The summed E-state index contributed by atoms with van der Waals surface area (Å²) in [5.41, 5.74) is 9.47. The van der Waals surface area contributed by atoms with E-state index in [1.54, 1.807) is 25.3 Å². The lowest BCUT2D eigenvalue weighted by Crippen LogP contribution is -2.05. The molecule has 0 atom stereocenters. The molecule has 0 unspecified atom stereocenters. The summed E-state index contributed by atoms with van der Waals surface area (Å²) in [6.45, 7) is 1.66. The quantitative estimate of drug-likeness (QED) is 0.327. The standard InChI is InChI=1S/C10H11N3O2/c1-7-5-8(15-2)3-4-9(7)10(14)6-12-13-11/h3-5H,6H2,1-2H3. The van der Waals surface area contributed by atoms with Crippen molar-refractivity contribution in [3.8, 4) is 5.75 Å². The molecule has 0 spiro atoms. The lowest BCUT2D eigenvalue weighted by atomic mass is 10.0. The van der Waals surface area contributed by atoms with Gasteiger partial charge in [-0.2, -0.15) is 0 Å². The Morgan fingerprint density at radius 2 is 2.33 bits per heavy atom. The number of ether oxygens (including phenoxy) is 1. The summed E-state index contributed by atoms with van der Waals surface area (Å²) in [6, 6.07) is 5.14. The minimum absolute atomic E-state index is 0.149. The van der Waals surface area contributed by atoms with E-state index in [1.165, 1.54) is 0 Å². The van der Waals surface area contributed by atoms with Crippen molar-refractivity contribution in [3.05, 3.63) is 39.8 Å². The van der Waals surface area contributed by atoms with Crippen LogP contribution in [0.15, 0.2) is 23.3 Å². The maximum absolute atomic E-state index is 11.5. The van der Waals surface area contributed by atoms with Gasteiger partial charge in [0.05, 0.1) is 13.7 Å². The monoisotopic (exact) mass is 205 g/mol. The number of nitrogens with zero attached hydrogens (tertiary/aromatic N) is 3. The van der Waals surface area contributed by atoms with Gasteiger partial charge < -0.3 is 4.74 Å². The Morgan fingerprint density at radius 1 is 1.60 bits per heavy atom. The summed E-state index contributed by atoms with van der Waals surface area (Å²) in [6.07, 6.45) is 0. The molecule has 0 amide bonds. The summed E-state index contributed by atoms with van der Waals surface area (Å²) in [5, 5.41) is 3.23. The molecule has 15 heavy (non-hydrogen) atoms. The average molecular weight is 205 g/mol. The molecule has 0 saturated heterocycles. The number of carbonyl (C=O) groups excluding carboxylic acids is 1. The van der Waals surface area contributed by atoms with Crippen molar-refractivity contribution in [2.45, 2.75) is 6.92 Å². The molecular weight excluding hydrogens is 194 g/mol. The molecule has 0 saturated carbocycles. The number of Topliss-reactive ketones (excluding diaryl/α,β-unsaturated/α-hetero) is 1. The first-order chi connectivity index (χ1) is 7.19. The second kappa shape index (κ2) is 5.02. The first-order valence-electron chi connectivity index (χ1n) is 4.37. The van der Waals surface area contributed by atoms with Gasteiger partial charge in [-0.1, -0.05) is 5.11 Å². The SMILES string of the molecule is COc1ccc(C(=O)CN=[N+]=[N-])c(C)c1. The first-order valence-corrected chi connectivity index (χ1v) is 4.37. The summed E-state index contributed by atoms with van der Waals surface area (Å²) in [4.78, 5) is 14.1. The average Bonchev–Trinajstić information content (AvgIpc) is 2.25. The minimum Gasteiger partial charge on any atom is -0.497 e. The largest absolute Gasteiger partial charge is 0.497 e. The molecule has 5 nitrogen and oxygen atoms in total. The van der Waals surface area contributed by atoms with Crippen LogP contribution in [0.3, 0.4) is 0 Å². The number of methoxy groups -OCH3 is 1. The Kier molecular flexibility index (Phi) is 3.71. The number of rotatable bonds is 4. The van der Waals surface area contributed by atoms with E-state index in [9.17, 15) is 4.79 Å². The normalized spacial score (nSPS) is 9.20. The number of hydrogen-bond acceptors (Lipinski definition) is 3. The van der Waals surface area contributed by atoms with Gasteiger partial charge in [0.25, 0.3) is 0 Å². The molecule has 78 valence electrons. The molecule has 5 heteroatoms. The van der Waals surface area contributed by atoms with E-state index in [4.69, 9.17) is 10.3 Å². The molecular formula is C10H11N3O2. The molecule has 1 aromatic rings. The molecule has 0 aromatic heterocycles. The van der Waals surface area contributed by atoms with Crippen LogP contribution in [0.25, 0.3) is 10.4 Å². The van der Waals surface area contributed by atoms with Crippen molar-refractivity contribution in [1.29, 1.82) is 0 Å². The van der Waals surface area contributed by atoms with Crippen molar-refractivity contribution in [3.63, 3.8) is 0 Å². The summed E-state index contributed by atoms with van der Waals surface area (Å²) >= 11 is 0. The highest BCUT2D eigenvalue weighted by molar-refractivity contribution is 5.99. The molecule has 1 aromatic carbocycles. The molecule has 0 bridgehead atoms. The fourth-order valence-corrected chi connectivity index (χ4v) is 1.26. The van der Waals surface area contributed by atoms with Gasteiger partial charge in [-0.05, 0) is 36.2 Å². The zero-order chi connectivity index (χ0) is 11.3. The van der Waals surface area contributed by atoms with E-state index in [1.807, 2.05) is 6.92 Å². The lowest BCUT2D eigenvalue weighted by molar-refractivity contribution is 0.100. The van der Waals surface area contributed by atoms with Gasteiger partial charge in [0.2, 0.25) is 0 Å². The van der Waals surface area contributed by atoms with Crippen molar-refractivity contribution < 1.29 is 9.53 Å². The first kappa shape index (κ1) is 11.1. The van der Waals surface area contributed by atoms with Crippen molar-refractivity contribution in [2.24, 2.45) is 5.11 Å². The third-order valence-corrected chi connectivity index (χ3v) is 2.01. The Balaban J connectivity index is 2.95. The van der Waals surface area contributed by atoms with Gasteiger partial charge in [0.15, 0.2) is 5.78 Å². The molecule has 0 aliphatic rings. The van der Waals surface area contributed by atoms with E-state index in [0.717, 1.165) is 5.56 Å². The van der Waals surface area contributed by atoms with Crippen LogP contribution in [-0.4, -0.2) is 19.4 Å². The number of ketones is 1. The third-order valence-electron chi connectivity index (χ3n) is 2.01. The van der Waals surface area contributed by atoms with E-state index in [0.29, 0.717) is 11.3 Å². The van der Waals surface area contributed by atoms with Gasteiger partial charge in [0, 0.05) is 10.5 Å². The fraction of sp³-hybridized carbons (Fsp3) is 0.300. The summed E-state index contributed by atoms with van der Waals surface area (Å²) in [5.74, 6) is 0.515. The maximum Gasteiger partial charge on any atom is 0.168 e. The minimum atomic E-state index is -0.187. The Hall–Kier alpha value is -2.00. The number of aryl methyl sites for hydroxylation is 1. The number of carbonyl (C=O) groups is 1. The van der Waals surface area contributed by atoms with Crippen LogP contribution in [0, 0.1) is 6.92 Å². The number of hydrogen-bond donors (Lipinski definition) is 0. The van der Waals surface area contributed by atoms with E-state index in [-0.39, 0.29) is 12.3 Å². The van der Waals surface area contributed by atoms with Crippen molar-refractivity contribution in [1.82, 2.24) is 0 Å². The number of azide groups is 1. The van der Waals surface area contributed by atoms with Gasteiger partial charge in [-0.15, -0.1) is 0 Å². The molecule has 0 aliphatic heterocycles. The molecule has 1 rings (SSSR count). The van der Waals surface area contributed by atoms with Gasteiger partial charge >= 0.3 is 0 Å². The lowest BCUT2D eigenvalue weighted by Gasteiger charge is -2.05. The van der Waals surface area contributed by atoms with E-state index < -0.39 is 0 Å². The van der Waals surface area contributed by atoms with Gasteiger partial charge in [-0.25, -0.2) is 0 Å². The highest BCUT2D eigenvalue weighted by Gasteiger charge is 2.08. The van der Waals surface area contributed by atoms with Crippen LogP contribution >= 0.6 is 0 Å². The maximum atomic E-state index is 11.5. The second-order valence-electron chi connectivity index (χ2n) is 2.99. The van der Waals surface area contributed by atoms with Crippen LogP contribution < -0.4 is 4.74 Å². The Morgan fingerprint density at radius 3 is 2.87 bits per heavy atom. The highest BCUT2D eigenvalue weighted by Crippen LogP contribution is 2.17. The van der Waals surface area contributed by atoms with Crippen LogP contribution in [0.2, 0.25) is 0 Å². The van der Waals surface area contributed by atoms with Crippen LogP contribution in [-0.2, 0) is 0 Å². The second-order valence-corrected chi connectivity index (χ2v) is 2.99. The third kappa shape index (κ3) is 2.72. The van der Waals surface area contributed by atoms with Crippen LogP contribution in [0.1, 0.15) is 15.9 Å². The highest BCUT2D eigenvalue weighted by atomic mass is 16.5. The molecule has 0 fully saturated rings. The topological polar surface area (TPSA) is 75.1 Å². The van der Waals surface area contributed by atoms with Crippen LogP contribution in [0.5, 0.6) is 5.75 Å².